The van der Waals surface area contributed by atoms with Gasteiger partial charge in [0.15, 0.2) is 0 Å². The van der Waals surface area contributed by atoms with Gasteiger partial charge < -0.3 is 5.11 Å². The van der Waals surface area contributed by atoms with E-state index in [4.69, 9.17) is 15.6 Å². The highest BCUT2D eigenvalue weighted by Gasteiger charge is 2.25. The average molecular weight is 293 g/mol. The van der Waals surface area contributed by atoms with Crippen molar-refractivity contribution >= 4 is 16.0 Å². The van der Waals surface area contributed by atoms with Crippen LogP contribution < -0.4 is 0 Å². The van der Waals surface area contributed by atoms with Gasteiger partial charge in [-0.15, -0.1) is 0 Å². The van der Waals surface area contributed by atoms with Crippen LogP contribution in [0.15, 0.2) is 23.1 Å². The van der Waals surface area contributed by atoms with Gasteiger partial charge in [0.05, 0.1) is 22.6 Å². The van der Waals surface area contributed by atoms with Gasteiger partial charge in [-0.3, -0.25) is 0 Å². The molecule has 104 valence electrons. The van der Waals surface area contributed by atoms with Crippen molar-refractivity contribution in [1.82, 2.24) is 4.31 Å². The minimum absolute atomic E-state index is 0.139. The van der Waals surface area contributed by atoms with Gasteiger partial charge in [0, 0.05) is 0 Å². The summed E-state index contributed by atoms with van der Waals surface area (Å²) in [5.41, 5.74) is 0.281. The van der Waals surface area contributed by atoms with Crippen LogP contribution in [-0.4, -0.2) is 36.9 Å². The fraction of sp³-hybridized carbons (Fsp3) is 0.250. The van der Waals surface area contributed by atoms with Crippen LogP contribution in [0.3, 0.4) is 0 Å². The summed E-state index contributed by atoms with van der Waals surface area (Å²) in [6.07, 6.45) is 0. The predicted molar refractivity (Wildman–Crippen MR) is 68.1 cm³/mol. The van der Waals surface area contributed by atoms with E-state index in [1.807, 2.05) is 0 Å². The number of nitriles is 2. The summed E-state index contributed by atoms with van der Waals surface area (Å²) >= 11 is 0. The van der Waals surface area contributed by atoms with Crippen LogP contribution in [0.25, 0.3) is 0 Å². The van der Waals surface area contributed by atoms with Crippen LogP contribution >= 0.6 is 0 Å². The molecule has 0 aliphatic rings. The molecule has 7 nitrogen and oxygen atoms in total. The second-order valence-corrected chi connectivity index (χ2v) is 5.81. The van der Waals surface area contributed by atoms with Crippen LogP contribution in [-0.2, 0) is 10.0 Å². The Kier molecular flexibility index (Phi) is 4.81. The van der Waals surface area contributed by atoms with Crippen LogP contribution in [0, 0.1) is 29.6 Å². The maximum Gasteiger partial charge on any atom is 0.335 e. The van der Waals surface area contributed by atoms with Gasteiger partial charge >= 0.3 is 5.97 Å². The van der Waals surface area contributed by atoms with E-state index in [9.17, 15) is 13.2 Å². The summed E-state index contributed by atoms with van der Waals surface area (Å²) in [4.78, 5) is 10.8. The Balaban J connectivity index is 3.35. The molecule has 0 amide bonds. The van der Waals surface area contributed by atoms with E-state index < -0.39 is 29.1 Å². The van der Waals surface area contributed by atoms with Gasteiger partial charge in [0.1, 0.15) is 13.1 Å². The first-order valence-electron chi connectivity index (χ1n) is 5.42. The minimum atomic E-state index is -4.07. The molecule has 20 heavy (non-hydrogen) atoms. The van der Waals surface area contributed by atoms with E-state index in [0.717, 1.165) is 6.07 Å². The van der Waals surface area contributed by atoms with Gasteiger partial charge in [-0.25, -0.2) is 13.2 Å². The second-order valence-electron chi connectivity index (χ2n) is 3.87. The van der Waals surface area contributed by atoms with Gasteiger partial charge in [0.2, 0.25) is 10.0 Å². The van der Waals surface area contributed by atoms with Crippen molar-refractivity contribution in [2.24, 2.45) is 0 Å². The van der Waals surface area contributed by atoms with E-state index >= 15 is 0 Å². The molecule has 1 N–H and O–H groups in total. The first-order chi connectivity index (χ1) is 9.34. The van der Waals surface area contributed by atoms with E-state index in [1.165, 1.54) is 12.1 Å². The molecule has 0 saturated heterocycles. The Morgan fingerprint density at radius 2 is 1.85 bits per heavy atom. The third-order valence-corrected chi connectivity index (χ3v) is 4.36. The Morgan fingerprint density at radius 1 is 1.30 bits per heavy atom. The molecule has 0 unspecified atom stereocenters. The zero-order valence-electron chi connectivity index (χ0n) is 10.6. The van der Waals surface area contributed by atoms with Gasteiger partial charge in [0.25, 0.3) is 0 Å². The molecule has 0 bridgehead atoms. The molecular weight excluding hydrogens is 282 g/mol. The highest BCUT2D eigenvalue weighted by Crippen LogP contribution is 2.19. The average Bonchev–Trinajstić information content (AvgIpc) is 2.38. The summed E-state index contributed by atoms with van der Waals surface area (Å²) in [7, 11) is -4.07. The van der Waals surface area contributed by atoms with Crippen molar-refractivity contribution < 1.29 is 18.3 Å². The Hall–Kier alpha value is -2.42. The number of aromatic carboxylic acids is 1. The first-order valence-corrected chi connectivity index (χ1v) is 6.86. The molecule has 1 aromatic rings. The van der Waals surface area contributed by atoms with Crippen LogP contribution in [0.1, 0.15) is 15.9 Å². The fourth-order valence-corrected chi connectivity index (χ4v) is 2.78. The molecule has 0 spiro atoms. The van der Waals surface area contributed by atoms with E-state index in [2.05, 4.69) is 0 Å². The van der Waals surface area contributed by atoms with Gasteiger partial charge in [-0.05, 0) is 24.6 Å². The molecule has 1 aromatic carbocycles. The number of carboxylic acids is 1. The molecule has 0 atom stereocenters. The summed E-state index contributed by atoms with van der Waals surface area (Å²) in [6, 6.07) is 6.95. The molecule has 0 fully saturated rings. The maximum atomic E-state index is 12.2. The van der Waals surface area contributed by atoms with E-state index in [0.29, 0.717) is 9.87 Å². The SMILES string of the molecule is Cc1ccc(S(=O)(=O)N(CC#N)CC#N)cc1C(=O)O. The zero-order chi connectivity index (χ0) is 15.3. The molecule has 0 aromatic heterocycles. The molecule has 8 heteroatoms. The molecule has 0 radical (unpaired) electrons. The molecule has 0 heterocycles. The lowest BCUT2D eigenvalue weighted by atomic mass is 10.1. The topological polar surface area (TPSA) is 122 Å². The van der Waals surface area contributed by atoms with E-state index in [-0.39, 0.29) is 10.5 Å². The largest absolute Gasteiger partial charge is 0.478 e. The normalized spacial score (nSPS) is 10.8. The summed E-state index contributed by atoms with van der Waals surface area (Å²) < 4.78 is 25.1. The Labute approximate surface area is 116 Å². The highest BCUT2D eigenvalue weighted by molar-refractivity contribution is 7.89. The lowest BCUT2D eigenvalue weighted by Gasteiger charge is -2.16. The van der Waals surface area contributed by atoms with Crippen LogP contribution in [0.5, 0.6) is 0 Å². The highest BCUT2D eigenvalue weighted by atomic mass is 32.2. The number of rotatable bonds is 5. The van der Waals surface area contributed by atoms with Crippen molar-refractivity contribution in [2.45, 2.75) is 11.8 Å². The number of aryl methyl sites for hydroxylation is 1. The third kappa shape index (κ3) is 3.12. The molecule has 0 saturated carbocycles. The lowest BCUT2D eigenvalue weighted by molar-refractivity contribution is 0.0696. The number of benzene rings is 1. The Morgan fingerprint density at radius 3 is 2.30 bits per heavy atom. The summed E-state index contributed by atoms with van der Waals surface area (Å²) in [5.74, 6) is -1.24. The van der Waals surface area contributed by atoms with Crippen molar-refractivity contribution in [2.75, 3.05) is 13.1 Å². The summed E-state index contributed by atoms with van der Waals surface area (Å²) in [5, 5.41) is 26.2. The standard InChI is InChI=1S/C12H11N3O4S/c1-9-2-3-10(8-11(9)12(16)17)20(18,19)15(6-4-13)7-5-14/h2-3,8H,6-7H2,1H3,(H,16,17). The maximum absolute atomic E-state index is 12.2. The lowest BCUT2D eigenvalue weighted by Crippen LogP contribution is -2.32. The molecule has 0 aliphatic heterocycles. The molecule has 1 rings (SSSR count). The number of carboxylic acid groups (broad SMARTS) is 1. The first kappa shape index (κ1) is 15.6. The molecular formula is C12H11N3O4S. The van der Waals surface area contributed by atoms with Crippen molar-refractivity contribution in [3.63, 3.8) is 0 Å². The number of nitrogens with zero attached hydrogens (tertiary/aromatic N) is 3. The summed E-state index contributed by atoms with van der Waals surface area (Å²) in [6.45, 7) is 0.584. The van der Waals surface area contributed by atoms with Gasteiger partial charge in [-0.1, -0.05) is 6.07 Å². The molecule has 0 aliphatic carbocycles. The number of hydrogen-bond donors (Lipinski definition) is 1. The fourth-order valence-electron chi connectivity index (χ4n) is 1.52. The van der Waals surface area contributed by atoms with E-state index in [1.54, 1.807) is 19.1 Å². The minimum Gasteiger partial charge on any atom is -0.478 e. The Bertz CT molecular complexity index is 697. The smallest absolute Gasteiger partial charge is 0.335 e. The predicted octanol–water partition coefficient (Wildman–Crippen LogP) is 0.731. The monoisotopic (exact) mass is 293 g/mol. The van der Waals surface area contributed by atoms with Crippen LogP contribution in [0.2, 0.25) is 0 Å². The second kappa shape index (κ2) is 6.15. The number of carbonyl (C=O) groups is 1. The van der Waals surface area contributed by atoms with Gasteiger partial charge in [-0.2, -0.15) is 14.8 Å². The quantitative estimate of drug-likeness (QED) is 0.798. The van der Waals surface area contributed by atoms with Crippen LogP contribution in [0.4, 0.5) is 0 Å². The zero-order valence-corrected chi connectivity index (χ0v) is 11.4. The van der Waals surface area contributed by atoms with Crippen molar-refractivity contribution in [1.29, 1.82) is 10.5 Å². The van der Waals surface area contributed by atoms with Crippen molar-refractivity contribution in [3.8, 4) is 12.1 Å². The number of hydrogen-bond acceptors (Lipinski definition) is 5. The van der Waals surface area contributed by atoms with Crippen molar-refractivity contribution in [3.05, 3.63) is 29.3 Å². The third-order valence-electron chi connectivity index (χ3n) is 2.57. The number of sulfonamides is 1.